The second kappa shape index (κ2) is 7.60. The van der Waals surface area contributed by atoms with E-state index < -0.39 is 10.0 Å². The number of hydrogen-bond acceptors (Lipinski definition) is 3. The minimum absolute atomic E-state index is 0.129. The summed E-state index contributed by atoms with van der Waals surface area (Å²) in [6.07, 6.45) is 3.50. The number of rotatable bonds is 5. The van der Waals surface area contributed by atoms with Crippen LogP contribution < -0.4 is 10.0 Å². The zero-order chi connectivity index (χ0) is 16.0. The molecule has 1 aliphatic heterocycles. The van der Waals surface area contributed by atoms with E-state index in [-0.39, 0.29) is 12.1 Å². The average Bonchev–Trinajstić information content (AvgIpc) is 2.47. The van der Waals surface area contributed by atoms with E-state index in [0.29, 0.717) is 19.6 Å². The van der Waals surface area contributed by atoms with Crippen molar-refractivity contribution in [3.05, 3.63) is 35.9 Å². The third-order valence-corrected chi connectivity index (χ3v) is 4.38. The Balaban J connectivity index is 1.77. The van der Waals surface area contributed by atoms with Gasteiger partial charge in [0, 0.05) is 25.7 Å². The Morgan fingerprint density at radius 1 is 1.32 bits per heavy atom. The van der Waals surface area contributed by atoms with Crippen molar-refractivity contribution in [2.45, 2.75) is 25.3 Å². The molecule has 1 atom stereocenters. The summed E-state index contributed by atoms with van der Waals surface area (Å²) in [4.78, 5) is 13.8. The number of amides is 2. The lowest BCUT2D eigenvalue weighted by Gasteiger charge is -2.32. The van der Waals surface area contributed by atoms with E-state index in [1.54, 1.807) is 4.90 Å². The van der Waals surface area contributed by atoms with Gasteiger partial charge in [0.2, 0.25) is 10.0 Å². The van der Waals surface area contributed by atoms with Gasteiger partial charge in [0.05, 0.1) is 6.26 Å². The summed E-state index contributed by atoms with van der Waals surface area (Å²) in [7, 11) is -3.23. The fourth-order valence-electron chi connectivity index (χ4n) is 2.63. The van der Waals surface area contributed by atoms with E-state index in [0.717, 1.165) is 25.5 Å². The normalized spacial score (nSPS) is 19.0. The van der Waals surface area contributed by atoms with E-state index in [2.05, 4.69) is 10.0 Å². The van der Waals surface area contributed by atoms with E-state index in [9.17, 15) is 13.2 Å². The molecule has 0 radical (unpaired) electrons. The highest BCUT2D eigenvalue weighted by Gasteiger charge is 2.25. The fraction of sp³-hybridized carbons (Fsp3) is 0.533. The van der Waals surface area contributed by atoms with Crippen LogP contribution in [0.15, 0.2) is 30.3 Å². The van der Waals surface area contributed by atoms with Crippen LogP contribution in [-0.4, -0.2) is 51.3 Å². The molecular weight excluding hydrogens is 302 g/mol. The number of urea groups is 1. The summed E-state index contributed by atoms with van der Waals surface area (Å²) < 4.78 is 25.1. The Morgan fingerprint density at radius 2 is 2.05 bits per heavy atom. The molecule has 6 nitrogen and oxygen atoms in total. The first kappa shape index (κ1) is 16.8. The van der Waals surface area contributed by atoms with E-state index >= 15 is 0 Å². The van der Waals surface area contributed by atoms with Crippen molar-refractivity contribution in [3.63, 3.8) is 0 Å². The van der Waals surface area contributed by atoms with Crippen molar-refractivity contribution >= 4 is 16.1 Å². The highest BCUT2D eigenvalue weighted by atomic mass is 32.2. The highest BCUT2D eigenvalue weighted by Crippen LogP contribution is 2.11. The molecule has 0 aliphatic carbocycles. The maximum Gasteiger partial charge on any atom is 0.317 e. The number of nitrogens with zero attached hydrogens (tertiary/aromatic N) is 1. The smallest absolute Gasteiger partial charge is 0.317 e. The summed E-state index contributed by atoms with van der Waals surface area (Å²) in [5.74, 6) is 0. The minimum atomic E-state index is -3.23. The molecule has 1 aliphatic rings. The molecular formula is C15H23N3O3S. The van der Waals surface area contributed by atoms with Gasteiger partial charge in [-0.1, -0.05) is 30.3 Å². The molecule has 2 amide bonds. The van der Waals surface area contributed by atoms with Crippen LogP contribution in [0.25, 0.3) is 0 Å². The summed E-state index contributed by atoms with van der Waals surface area (Å²) >= 11 is 0. The van der Waals surface area contributed by atoms with Gasteiger partial charge in [-0.3, -0.25) is 0 Å². The standard InChI is InChI=1S/C15H23N3O3S/c1-22(20,21)17-14-8-5-11-18(12-14)15(19)16-10-9-13-6-3-2-4-7-13/h2-4,6-7,14,17H,5,8-12H2,1H3,(H,16,19). The first-order valence-electron chi connectivity index (χ1n) is 7.48. The van der Waals surface area contributed by atoms with Gasteiger partial charge in [-0.15, -0.1) is 0 Å². The second-order valence-electron chi connectivity index (χ2n) is 5.64. The van der Waals surface area contributed by atoms with E-state index in [4.69, 9.17) is 0 Å². The van der Waals surface area contributed by atoms with Crippen LogP contribution >= 0.6 is 0 Å². The Morgan fingerprint density at radius 3 is 2.73 bits per heavy atom. The summed E-state index contributed by atoms with van der Waals surface area (Å²) in [5, 5.41) is 2.89. The maximum absolute atomic E-state index is 12.1. The van der Waals surface area contributed by atoms with E-state index in [1.807, 2.05) is 30.3 Å². The van der Waals surface area contributed by atoms with Crippen LogP contribution in [0.4, 0.5) is 4.79 Å². The minimum Gasteiger partial charge on any atom is -0.338 e. The molecule has 2 N–H and O–H groups in total. The van der Waals surface area contributed by atoms with Gasteiger partial charge in [-0.2, -0.15) is 0 Å². The lowest BCUT2D eigenvalue weighted by Crippen LogP contribution is -2.52. The van der Waals surface area contributed by atoms with Gasteiger partial charge in [0.25, 0.3) is 0 Å². The van der Waals surface area contributed by atoms with Gasteiger partial charge in [0.15, 0.2) is 0 Å². The molecule has 22 heavy (non-hydrogen) atoms. The van der Waals surface area contributed by atoms with Gasteiger partial charge in [-0.25, -0.2) is 17.9 Å². The average molecular weight is 325 g/mol. The summed E-state index contributed by atoms with van der Waals surface area (Å²) in [6.45, 7) is 1.66. The van der Waals surface area contributed by atoms with Crippen molar-refractivity contribution in [1.82, 2.24) is 14.9 Å². The number of piperidine rings is 1. The summed E-state index contributed by atoms with van der Waals surface area (Å²) in [6, 6.07) is 9.65. The predicted octanol–water partition coefficient (Wildman–Crippen LogP) is 0.952. The Hall–Kier alpha value is -1.60. The molecule has 1 heterocycles. The molecule has 1 fully saturated rings. The zero-order valence-corrected chi connectivity index (χ0v) is 13.6. The molecule has 1 unspecified atom stereocenters. The number of sulfonamides is 1. The van der Waals surface area contributed by atoms with Gasteiger partial charge >= 0.3 is 6.03 Å². The lowest BCUT2D eigenvalue weighted by molar-refractivity contribution is 0.177. The number of benzene rings is 1. The molecule has 0 aromatic heterocycles. The quantitative estimate of drug-likeness (QED) is 0.846. The number of likely N-dealkylation sites (tertiary alicyclic amines) is 1. The third kappa shape index (κ3) is 5.65. The molecule has 122 valence electrons. The molecule has 2 rings (SSSR count). The Bertz CT molecular complexity index is 589. The number of carbonyl (C=O) groups is 1. The van der Waals surface area contributed by atoms with Crippen molar-refractivity contribution in [1.29, 1.82) is 0 Å². The molecule has 1 aromatic rings. The molecule has 0 spiro atoms. The SMILES string of the molecule is CS(=O)(=O)NC1CCCN(C(=O)NCCc2ccccc2)C1. The highest BCUT2D eigenvalue weighted by molar-refractivity contribution is 7.88. The van der Waals surface area contributed by atoms with Crippen LogP contribution in [-0.2, 0) is 16.4 Å². The topological polar surface area (TPSA) is 78.5 Å². The first-order chi connectivity index (χ1) is 10.4. The molecule has 0 saturated carbocycles. The van der Waals surface area contributed by atoms with Gasteiger partial charge < -0.3 is 10.2 Å². The van der Waals surface area contributed by atoms with Crippen LogP contribution in [0.3, 0.4) is 0 Å². The number of nitrogens with one attached hydrogen (secondary N) is 2. The Kier molecular flexibility index (Phi) is 5.79. The van der Waals surface area contributed by atoms with Crippen LogP contribution in [0, 0.1) is 0 Å². The van der Waals surface area contributed by atoms with Crippen LogP contribution in [0.2, 0.25) is 0 Å². The lowest BCUT2D eigenvalue weighted by atomic mass is 10.1. The maximum atomic E-state index is 12.1. The molecule has 7 heteroatoms. The predicted molar refractivity (Wildman–Crippen MR) is 86.1 cm³/mol. The first-order valence-corrected chi connectivity index (χ1v) is 9.37. The Labute approximate surface area is 131 Å². The largest absolute Gasteiger partial charge is 0.338 e. The third-order valence-electron chi connectivity index (χ3n) is 3.62. The van der Waals surface area contributed by atoms with Gasteiger partial charge in [-0.05, 0) is 24.8 Å². The van der Waals surface area contributed by atoms with Crippen LogP contribution in [0.1, 0.15) is 18.4 Å². The van der Waals surface area contributed by atoms with E-state index in [1.165, 1.54) is 5.56 Å². The molecule has 0 bridgehead atoms. The molecule has 1 aromatic carbocycles. The fourth-order valence-corrected chi connectivity index (χ4v) is 3.43. The monoisotopic (exact) mass is 325 g/mol. The van der Waals surface area contributed by atoms with Crippen molar-refractivity contribution in [3.8, 4) is 0 Å². The zero-order valence-electron chi connectivity index (χ0n) is 12.8. The van der Waals surface area contributed by atoms with Crippen molar-refractivity contribution < 1.29 is 13.2 Å². The second-order valence-corrected chi connectivity index (χ2v) is 7.42. The number of carbonyl (C=O) groups excluding carboxylic acids is 1. The van der Waals surface area contributed by atoms with Crippen molar-refractivity contribution in [2.75, 3.05) is 25.9 Å². The summed E-state index contributed by atoms with van der Waals surface area (Å²) in [5.41, 5.74) is 1.18. The molecule has 1 saturated heterocycles. The van der Waals surface area contributed by atoms with Crippen molar-refractivity contribution in [2.24, 2.45) is 0 Å². The van der Waals surface area contributed by atoms with Crippen LogP contribution in [0.5, 0.6) is 0 Å². The van der Waals surface area contributed by atoms with Gasteiger partial charge in [0.1, 0.15) is 0 Å². The number of hydrogen-bond donors (Lipinski definition) is 2.